The molecule has 0 unspecified atom stereocenters. The number of nitrogens with zero attached hydrogens (tertiary/aromatic N) is 3. The summed E-state index contributed by atoms with van der Waals surface area (Å²) in [5.74, 6) is 0.0771. The first kappa shape index (κ1) is 19.3. The maximum Gasteiger partial charge on any atom is 0.260 e. The van der Waals surface area contributed by atoms with Crippen molar-refractivity contribution < 1.29 is 8.42 Å². The zero-order valence-corrected chi connectivity index (χ0v) is 17.4. The Labute approximate surface area is 168 Å². The largest absolute Gasteiger partial charge is 0.335 e. The Hall–Kier alpha value is -2.07. The first-order valence-corrected chi connectivity index (χ1v) is 11.4. The molecule has 0 radical (unpaired) electrons. The summed E-state index contributed by atoms with van der Waals surface area (Å²) in [4.78, 5) is 12.3. The van der Waals surface area contributed by atoms with E-state index < -0.39 is 10.0 Å². The fraction of sp³-hybridized carbons (Fsp3) is 0.368. The van der Waals surface area contributed by atoms with E-state index in [4.69, 9.17) is 0 Å². The second-order valence-corrected chi connectivity index (χ2v) is 10.2. The molecule has 0 spiro atoms. The number of imidazole rings is 1. The van der Waals surface area contributed by atoms with Crippen molar-refractivity contribution in [3.8, 4) is 0 Å². The van der Waals surface area contributed by atoms with Gasteiger partial charge < -0.3 is 10.3 Å². The number of H-pyrrole nitrogens is 1. The van der Waals surface area contributed by atoms with Crippen molar-refractivity contribution in [1.82, 2.24) is 24.6 Å². The van der Waals surface area contributed by atoms with Crippen molar-refractivity contribution in [2.75, 3.05) is 13.1 Å². The SMILES string of the molecule is Cc1nc(C)c(CN[C@H]2CN(S(=O)(=O)c3cnc[nH]3)C[C@@H]2c2ccccc2)s1. The lowest BCUT2D eigenvalue weighted by atomic mass is 9.94. The van der Waals surface area contributed by atoms with E-state index in [0.717, 1.165) is 16.3 Å². The molecule has 2 atom stereocenters. The molecular weight excluding hydrogens is 394 g/mol. The van der Waals surface area contributed by atoms with Gasteiger partial charge in [-0.05, 0) is 19.4 Å². The highest BCUT2D eigenvalue weighted by atomic mass is 32.2. The Morgan fingerprint density at radius 3 is 2.68 bits per heavy atom. The lowest BCUT2D eigenvalue weighted by molar-refractivity contribution is 0.454. The highest BCUT2D eigenvalue weighted by Crippen LogP contribution is 2.31. The standard InChI is InChI=1S/C19H23N5O2S2/c1-13-18(27-14(2)23-13)8-21-17-11-24(28(25,26)19-9-20-12-22-19)10-16(17)15-6-4-3-5-7-15/h3-7,9,12,16-17,21H,8,10-11H2,1-2H3,(H,20,22)/t16-,17+/m1/s1. The maximum absolute atomic E-state index is 13.0. The molecule has 4 rings (SSSR count). The average molecular weight is 418 g/mol. The number of benzene rings is 1. The van der Waals surface area contributed by atoms with E-state index in [1.54, 1.807) is 15.6 Å². The summed E-state index contributed by atoms with van der Waals surface area (Å²) in [6.07, 6.45) is 2.75. The normalized spacial score (nSPS) is 20.6. The van der Waals surface area contributed by atoms with Gasteiger partial charge in [0.2, 0.25) is 0 Å². The van der Waals surface area contributed by atoms with Crippen molar-refractivity contribution in [3.05, 3.63) is 64.0 Å². The van der Waals surface area contributed by atoms with E-state index in [9.17, 15) is 8.42 Å². The van der Waals surface area contributed by atoms with Gasteiger partial charge in [-0.2, -0.15) is 4.31 Å². The number of rotatable bonds is 6. The van der Waals surface area contributed by atoms with Gasteiger partial charge in [0.05, 0.1) is 23.2 Å². The molecule has 3 aromatic rings. The first-order valence-electron chi connectivity index (χ1n) is 9.15. The summed E-state index contributed by atoms with van der Waals surface area (Å²) >= 11 is 1.68. The number of sulfonamides is 1. The Kier molecular flexibility index (Phi) is 5.33. The molecule has 28 heavy (non-hydrogen) atoms. The Balaban J connectivity index is 1.58. The molecule has 0 amide bonds. The lowest BCUT2D eigenvalue weighted by Gasteiger charge is -2.20. The number of hydrogen-bond acceptors (Lipinski definition) is 6. The minimum Gasteiger partial charge on any atom is -0.335 e. The van der Waals surface area contributed by atoms with Crippen LogP contribution in [0.15, 0.2) is 47.9 Å². The van der Waals surface area contributed by atoms with Gasteiger partial charge >= 0.3 is 0 Å². The van der Waals surface area contributed by atoms with Gasteiger partial charge in [0.25, 0.3) is 10.0 Å². The van der Waals surface area contributed by atoms with Crippen LogP contribution in [-0.2, 0) is 16.6 Å². The fourth-order valence-electron chi connectivity index (χ4n) is 3.69. The molecule has 2 aromatic heterocycles. The van der Waals surface area contributed by atoms with Gasteiger partial charge in [0.1, 0.15) is 0 Å². The predicted molar refractivity (Wildman–Crippen MR) is 109 cm³/mol. The van der Waals surface area contributed by atoms with E-state index in [1.807, 2.05) is 32.0 Å². The Morgan fingerprint density at radius 2 is 2.04 bits per heavy atom. The average Bonchev–Trinajstić information content (AvgIpc) is 3.41. The molecule has 2 N–H and O–H groups in total. The van der Waals surface area contributed by atoms with Crippen molar-refractivity contribution in [2.24, 2.45) is 0 Å². The number of nitrogens with one attached hydrogen (secondary N) is 2. The molecule has 1 fully saturated rings. The maximum atomic E-state index is 13.0. The number of aryl methyl sites for hydroxylation is 2. The smallest absolute Gasteiger partial charge is 0.260 e. The van der Waals surface area contributed by atoms with Gasteiger partial charge in [-0.3, -0.25) is 0 Å². The van der Waals surface area contributed by atoms with Crippen molar-refractivity contribution in [3.63, 3.8) is 0 Å². The van der Waals surface area contributed by atoms with Crippen LogP contribution in [0, 0.1) is 13.8 Å². The van der Waals surface area contributed by atoms with Crippen molar-refractivity contribution >= 4 is 21.4 Å². The monoisotopic (exact) mass is 417 g/mol. The van der Waals surface area contributed by atoms with E-state index >= 15 is 0 Å². The van der Waals surface area contributed by atoms with Crippen LogP contribution in [0.1, 0.15) is 27.1 Å². The van der Waals surface area contributed by atoms with E-state index in [-0.39, 0.29) is 17.0 Å². The minimum absolute atomic E-state index is 0.0157. The molecule has 1 aromatic carbocycles. The quantitative estimate of drug-likeness (QED) is 0.643. The highest BCUT2D eigenvalue weighted by molar-refractivity contribution is 7.89. The van der Waals surface area contributed by atoms with E-state index in [1.165, 1.54) is 17.4 Å². The summed E-state index contributed by atoms with van der Waals surface area (Å²) in [6.45, 7) is 5.55. The van der Waals surface area contributed by atoms with Crippen LogP contribution in [0.25, 0.3) is 0 Å². The topological polar surface area (TPSA) is 91.0 Å². The molecule has 1 aliphatic rings. The van der Waals surface area contributed by atoms with Crippen LogP contribution in [-0.4, -0.2) is 46.8 Å². The molecule has 1 aliphatic heterocycles. The highest BCUT2D eigenvalue weighted by Gasteiger charge is 2.40. The van der Waals surface area contributed by atoms with Crippen LogP contribution < -0.4 is 5.32 Å². The first-order chi connectivity index (χ1) is 13.4. The third-order valence-corrected chi connectivity index (χ3v) is 7.96. The van der Waals surface area contributed by atoms with Crippen LogP contribution in [0.3, 0.4) is 0 Å². The van der Waals surface area contributed by atoms with Crippen LogP contribution in [0.4, 0.5) is 0 Å². The van der Waals surface area contributed by atoms with Crippen LogP contribution in [0.5, 0.6) is 0 Å². The molecule has 0 saturated carbocycles. The van der Waals surface area contributed by atoms with Crippen LogP contribution >= 0.6 is 11.3 Å². The summed E-state index contributed by atoms with van der Waals surface area (Å²) < 4.78 is 27.5. The third kappa shape index (κ3) is 3.75. The number of thiazole rings is 1. The van der Waals surface area contributed by atoms with Gasteiger partial charge in [-0.1, -0.05) is 30.3 Å². The predicted octanol–water partition coefficient (Wildman–Crippen LogP) is 2.43. The molecule has 3 heterocycles. The Morgan fingerprint density at radius 1 is 1.25 bits per heavy atom. The molecule has 148 valence electrons. The van der Waals surface area contributed by atoms with Gasteiger partial charge in [0, 0.05) is 36.5 Å². The molecular formula is C19H23N5O2S2. The Bertz CT molecular complexity index is 1030. The van der Waals surface area contributed by atoms with Gasteiger partial charge in [-0.15, -0.1) is 11.3 Å². The number of aromatic nitrogens is 3. The van der Waals surface area contributed by atoms with Gasteiger partial charge in [0.15, 0.2) is 5.03 Å². The number of aromatic amines is 1. The van der Waals surface area contributed by atoms with Gasteiger partial charge in [-0.25, -0.2) is 18.4 Å². The molecule has 0 aliphatic carbocycles. The zero-order valence-electron chi connectivity index (χ0n) is 15.8. The minimum atomic E-state index is -3.59. The summed E-state index contributed by atoms with van der Waals surface area (Å²) in [7, 11) is -3.59. The summed E-state index contributed by atoms with van der Waals surface area (Å²) in [5.41, 5.74) is 2.17. The third-order valence-electron chi connectivity index (χ3n) is 5.13. The molecule has 9 heteroatoms. The van der Waals surface area contributed by atoms with Crippen molar-refractivity contribution in [1.29, 1.82) is 0 Å². The van der Waals surface area contributed by atoms with Crippen molar-refractivity contribution in [2.45, 2.75) is 37.4 Å². The molecule has 0 bridgehead atoms. The van der Waals surface area contributed by atoms with Crippen LogP contribution in [0.2, 0.25) is 0 Å². The lowest BCUT2D eigenvalue weighted by Crippen LogP contribution is -2.36. The second kappa shape index (κ2) is 7.75. The molecule has 7 nitrogen and oxygen atoms in total. The molecule has 1 saturated heterocycles. The second-order valence-electron chi connectivity index (χ2n) is 6.98. The van der Waals surface area contributed by atoms with E-state index in [2.05, 4.69) is 32.4 Å². The summed E-state index contributed by atoms with van der Waals surface area (Å²) in [5, 5.41) is 4.76. The summed E-state index contributed by atoms with van der Waals surface area (Å²) in [6, 6.07) is 10.1. The van der Waals surface area contributed by atoms with E-state index in [0.29, 0.717) is 19.6 Å². The fourth-order valence-corrected chi connectivity index (χ4v) is 5.97. The number of hydrogen-bond donors (Lipinski definition) is 2. The zero-order chi connectivity index (χ0) is 19.7.